The van der Waals surface area contributed by atoms with Crippen molar-refractivity contribution in [3.8, 4) is 5.75 Å². The molecular formula is C18H26F3N3O4S. The third-order valence-electron chi connectivity index (χ3n) is 4.67. The molecule has 0 atom stereocenters. The molecule has 7 nitrogen and oxygen atoms in total. The molecule has 0 radical (unpaired) electrons. The lowest BCUT2D eigenvalue weighted by Gasteiger charge is -2.33. The van der Waals surface area contributed by atoms with Gasteiger partial charge in [0.1, 0.15) is 5.75 Å². The number of hydrogen-bond donors (Lipinski definition) is 2. The van der Waals surface area contributed by atoms with Crippen molar-refractivity contribution in [2.45, 2.75) is 50.6 Å². The first-order valence-corrected chi connectivity index (χ1v) is 10.6. The van der Waals surface area contributed by atoms with Gasteiger partial charge in [-0.1, -0.05) is 0 Å². The van der Waals surface area contributed by atoms with Crippen LogP contribution in [0.5, 0.6) is 5.75 Å². The van der Waals surface area contributed by atoms with Crippen molar-refractivity contribution in [3.05, 3.63) is 23.8 Å². The maximum Gasteiger partial charge on any atom is 0.419 e. The van der Waals surface area contributed by atoms with Crippen molar-refractivity contribution in [1.82, 2.24) is 9.62 Å². The zero-order valence-electron chi connectivity index (χ0n) is 16.8. The molecule has 1 aliphatic rings. The Morgan fingerprint density at radius 1 is 1.17 bits per heavy atom. The summed E-state index contributed by atoms with van der Waals surface area (Å²) in [6, 6.07) is 2.39. The summed E-state index contributed by atoms with van der Waals surface area (Å²) in [6.07, 6.45) is -3.67. The maximum atomic E-state index is 12.9. The maximum absolute atomic E-state index is 12.9. The minimum atomic E-state index is -4.56. The number of hydrogen-bond acceptors (Lipinski definition) is 4. The highest BCUT2D eigenvalue weighted by Crippen LogP contribution is 2.37. The van der Waals surface area contributed by atoms with E-state index in [0.717, 1.165) is 25.3 Å². The number of amides is 2. The van der Waals surface area contributed by atoms with Crippen LogP contribution in [0.25, 0.3) is 0 Å². The van der Waals surface area contributed by atoms with Crippen LogP contribution in [-0.4, -0.2) is 50.3 Å². The van der Waals surface area contributed by atoms with E-state index in [4.69, 9.17) is 4.74 Å². The first-order chi connectivity index (χ1) is 13.2. The minimum absolute atomic E-state index is 0.176. The van der Waals surface area contributed by atoms with Crippen LogP contribution in [0.15, 0.2) is 18.2 Å². The third kappa shape index (κ3) is 5.75. The predicted molar refractivity (Wildman–Crippen MR) is 103 cm³/mol. The van der Waals surface area contributed by atoms with Crippen LogP contribution in [0.4, 0.5) is 23.7 Å². The predicted octanol–water partition coefficient (Wildman–Crippen LogP) is 3.43. The number of benzene rings is 1. The molecule has 2 N–H and O–H groups in total. The number of nitrogens with one attached hydrogen (secondary N) is 2. The van der Waals surface area contributed by atoms with E-state index in [1.54, 1.807) is 20.8 Å². The van der Waals surface area contributed by atoms with Crippen molar-refractivity contribution in [2.75, 3.05) is 25.5 Å². The molecular weight excluding hydrogens is 411 g/mol. The van der Waals surface area contributed by atoms with Gasteiger partial charge in [0.05, 0.1) is 17.4 Å². The topological polar surface area (TPSA) is 87.7 Å². The fourth-order valence-corrected chi connectivity index (χ4v) is 3.83. The van der Waals surface area contributed by atoms with E-state index in [0.29, 0.717) is 25.9 Å². The molecule has 1 fully saturated rings. The molecule has 0 spiro atoms. The van der Waals surface area contributed by atoms with E-state index in [1.807, 2.05) is 0 Å². The Bertz CT molecular complexity index is 843. The molecule has 0 aliphatic carbocycles. The Hall–Kier alpha value is -2.01. The highest BCUT2D eigenvalue weighted by Gasteiger charge is 2.35. The van der Waals surface area contributed by atoms with Crippen LogP contribution in [0.2, 0.25) is 0 Å². The summed E-state index contributed by atoms with van der Waals surface area (Å²) in [5, 5.41) is 2.55. The van der Waals surface area contributed by atoms with Gasteiger partial charge in [0.25, 0.3) is 0 Å². The van der Waals surface area contributed by atoms with Gasteiger partial charge in [-0.3, -0.25) is 0 Å². The molecule has 0 unspecified atom stereocenters. The molecule has 0 bridgehead atoms. The van der Waals surface area contributed by atoms with Crippen LogP contribution in [0.1, 0.15) is 39.2 Å². The number of sulfonamides is 1. The van der Waals surface area contributed by atoms with Crippen LogP contribution in [0, 0.1) is 0 Å². The zero-order valence-corrected chi connectivity index (χ0v) is 17.6. The molecule has 0 saturated carbocycles. The number of methoxy groups -OCH3 is 1. The van der Waals surface area contributed by atoms with Crippen molar-refractivity contribution in [2.24, 2.45) is 0 Å². The van der Waals surface area contributed by atoms with Gasteiger partial charge in [-0.25, -0.2) is 17.9 Å². The number of anilines is 1. The second-order valence-corrected chi connectivity index (χ2v) is 10.3. The van der Waals surface area contributed by atoms with Crippen LogP contribution in [-0.2, 0) is 16.2 Å². The Kier molecular flexibility index (Phi) is 6.73. The van der Waals surface area contributed by atoms with Gasteiger partial charge in [-0.2, -0.15) is 13.2 Å². The number of piperidine rings is 1. The summed E-state index contributed by atoms with van der Waals surface area (Å²) in [7, 11) is -2.36. The summed E-state index contributed by atoms with van der Waals surface area (Å²) < 4.78 is 69.8. The van der Waals surface area contributed by atoms with E-state index >= 15 is 0 Å². The first kappa shape index (κ1) is 23.3. The Morgan fingerprint density at radius 3 is 2.24 bits per heavy atom. The number of rotatable bonds is 4. The molecule has 2 rings (SSSR count). The van der Waals surface area contributed by atoms with Gasteiger partial charge >= 0.3 is 12.2 Å². The second-order valence-electron chi connectivity index (χ2n) is 7.84. The molecule has 164 valence electrons. The smallest absolute Gasteiger partial charge is 0.419 e. The van der Waals surface area contributed by atoms with E-state index in [9.17, 15) is 26.4 Å². The van der Waals surface area contributed by atoms with E-state index in [1.165, 1.54) is 4.90 Å². The fourth-order valence-electron chi connectivity index (χ4n) is 2.80. The van der Waals surface area contributed by atoms with E-state index < -0.39 is 32.5 Å². The summed E-state index contributed by atoms with van der Waals surface area (Å²) in [4.78, 5) is 13.9. The quantitative estimate of drug-likeness (QED) is 0.756. The zero-order chi connectivity index (χ0) is 22.0. The number of carbonyl (C=O) groups excluding carboxylic acids is 1. The molecule has 1 heterocycles. The van der Waals surface area contributed by atoms with Gasteiger partial charge in [0.15, 0.2) is 0 Å². The normalized spacial score (nSPS) is 16.6. The van der Waals surface area contributed by atoms with Crippen LogP contribution in [0.3, 0.4) is 0 Å². The van der Waals surface area contributed by atoms with Gasteiger partial charge in [-0.05, 0) is 45.7 Å². The first-order valence-electron chi connectivity index (χ1n) is 9.07. The van der Waals surface area contributed by atoms with E-state index in [2.05, 4.69) is 10.0 Å². The monoisotopic (exact) mass is 437 g/mol. The Balaban J connectivity index is 1.97. The number of carbonyl (C=O) groups is 1. The molecule has 11 heteroatoms. The lowest BCUT2D eigenvalue weighted by molar-refractivity contribution is -0.138. The fraction of sp³-hybridized carbons (Fsp3) is 0.611. The highest BCUT2D eigenvalue weighted by molar-refractivity contribution is 7.90. The number of urea groups is 1. The number of ether oxygens (including phenoxy) is 1. The standard InChI is InChI=1S/C18H26F3N3O4S/c1-17(2,3)29(26,27)23-12-7-9-24(10-8-12)16(25)22-13-5-6-14(18(19,20)21)15(11-13)28-4/h5-6,11-12,23H,7-10H2,1-4H3,(H,22,25). The van der Waals surface area contributed by atoms with Crippen molar-refractivity contribution in [1.29, 1.82) is 0 Å². The number of likely N-dealkylation sites (tertiary alicyclic amines) is 1. The van der Waals surface area contributed by atoms with E-state index in [-0.39, 0.29) is 17.5 Å². The molecule has 1 saturated heterocycles. The Labute approximate surface area is 168 Å². The minimum Gasteiger partial charge on any atom is -0.496 e. The molecule has 1 aromatic rings. The largest absolute Gasteiger partial charge is 0.496 e. The van der Waals surface area contributed by atoms with Crippen molar-refractivity contribution < 1.29 is 31.1 Å². The van der Waals surface area contributed by atoms with Gasteiger partial charge in [-0.15, -0.1) is 0 Å². The SMILES string of the molecule is COc1cc(NC(=O)N2CCC(NS(=O)(=O)C(C)(C)C)CC2)ccc1C(F)(F)F. The van der Waals surface area contributed by atoms with Gasteiger partial charge in [0.2, 0.25) is 10.0 Å². The number of alkyl halides is 3. The second kappa shape index (κ2) is 8.39. The molecule has 2 amide bonds. The molecule has 1 aliphatic heterocycles. The van der Waals surface area contributed by atoms with Crippen molar-refractivity contribution >= 4 is 21.7 Å². The van der Waals surface area contributed by atoms with Gasteiger partial charge < -0.3 is 15.0 Å². The van der Waals surface area contributed by atoms with Gasteiger partial charge in [0, 0.05) is 30.9 Å². The number of halogens is 3. The summed E-state index contributed by atoms with van der Waals surface area (Å²) >= 11 is 0. The Morgan fingerprint density at radius 2 is 1.76 bits per heavy atom. The molecule has 1 aromatic carbocycles. The summed E-state index contributed by atoms with van der Waals surface area (Å²) in [6.45, 7) is 5.46. The average Bonchev–Trinajstić information content (AvgIpc) is 2.60. The molecule has 29 heavy (non-hydrogen) atoms. The summed E-state index contributed by atoms with van der Waals surface area (Å²) in [5.41, 5.74) is -0.750. The lowest BCUT2D eigenvalue weighted by atomic mass is 10.1. The molecule has 0 aromatic heterocycles. The number of nitrogens with zero attached hydrogens (tertiary/aromatic N) is 1. The van der Waals surface area contributed by atoms with Crippen molar-refractivity contribution in [3.63, 3.8) is 0 Å². The van der Waals surface area contributed by atoms with Crippen LogP contribution < -0.4 is 14.8 Å². The lowest BCUT2D eigenvalue weighted by Crippen LogP contribution is -2.50. The van der Waals surface area contributed by atoms with Crippen LogP contribution >= 0.6 is 0 Å². The average molecular weight is 437 g/mol. The highest BCUT2D eigenvalue weighted by atomic mass is 32.2. The third-order valence-corrected chi connectivity index (χ3v) is 6.92. The summed E-state index contributed by atoms with van der Waals surface area (Å²) in [5.74, 6) is -0.384.